The highest BCUT2D eigenvalue weighted by molar-refractivity contribution is 5.90. The standard InChI is InChI=1S/C20H19FN2O2/c1-2-14-3-9-17(10-4-14)23-19(24)11-12-20-22-13-18(25-20)15-5-7-16(21)8-6-15/h3-10,13H,2,11-12H2,1H3,(H,23,24). The van der Waals surface area contributed by atoms with Crippen molar-refractivity contribution in [2.75, 3.05) is 5.32 Å². The zero-order valence-electron chi connectivity index (χ0n) is 14.0. The Bertz CT molecular complexity index is 839. The normalized spacial score (nSPS) is 10.6. The van der Waals surface area contributed by atoms with E-state index in [1.165, 1.54) is 17.7 Å². The van der Waals surface area contributed by atoms with Crippen LogP contribution in [-0.2, 0) is 17.6 Å². The number of carbonyl (C=O) groups excluding carboxylic acids is 1. The first-order chi connectivity index (χ1) is 12.1. The molecule has 0 aliphatic rings. The van der Waals surface area contributed by atoms with Crippen LogP contribution < -0.4 is 5.32 Å². The van der Waals surface area contributed by atoms with Gasteiger partial charge in [0.25, 0.3) is 0 Å². The minimum Gasteiger partial charge on any atom is -0.441 e. The van der Waals surface area contributed by atoms with E-state index in [2.05, 4.69) is 17.2 Å². The SMILES string of the molecule is CCc1ccc(NC(=O)CCc2ncc(-c3ccc(F)cc3)o2)cc1. The summed E-state index contributed by atoms with van der Waals surface area (Å²) in [5, 5.41) is 2.86. The summed E-state index contributed by atoms with van der Waals surface area (Å²) < 4.78 is 18.6. The van der Waals surface area contributed by atoms with E-state index in [0.717, 1.165) is 17.7 Å². The van der Waals surface area contributed by atoms with Gasteiger partial charge in [0.15, 0.2) is 11.7 Å². The van der Waals surface area contributed by atoms with Gasteiger partial charge in [-0.3, -0.25) is 4.79 Å². The summed E-state index contributed by atoms with van der Waals surface area (Å²) in [7, 11) is 0. The summed E-state index contributed by atoms with van der Waals surface area (Å²) in [4.78, 5) is 16.2. The van der Waals surface area contributed by atoms with Gasteiger partial charge >= 0.3 is 0 Å². The second-order valence-corrected chi connectivity index (χ2v) is 5.72. The second kappa shape index (κ2) is 7.75. The lowest BCUT2D eigenvalue weighted by molar-refractivity contribution is -0.116. The highest BCUT2D eigenvalue weighted by atomic mass is 19.1. The molecule has 5 heteroatoms. The largest absolute Gasteiger partial charge is 0.441 e. The predicted octanol–water partition coefficient (Wildman–Crippen LogP) is 4.61. The molecule has 0 unspecified atom stereocenters. The Morgan fingerprint density at radius 1 is 1.12 bits per heavy atom. The number of hydrogen-bond donors (Lipinski definition) is 1. The average molecular weight is 338 g/mol. The summed E-state index contributed by atoms with van der Waals surface area (Å²) in [5.74, 6) is 0.652. The quantitative estimate of drug-likeness (QED) is 0.714. The number of halogens is 1. The number of carbonyl (C=O) groups is 1. The van der Waals surface area contributed by atoms with Crippen LogP contribution in [0.25, 0.3) is 11.3 Å². The summed E-state index contributed by atoms with van der Waals surface area (Å²) in [6.07, 6.45) is 3.23. The molecule has 25 heavy (non-hydrogen) atoms. The maximum atomic E-state index is 12.9. The van der Waals surface area contributed by atoms with Crippen molar-refractivity contribution < 1.29 is 13.6 Å². The Labute approximate surface area is 145 Å². The van der Waals surface area contributed by atoms with Gasteiger partial charge in [-0.15, -0.1) is 0 Å². The van der Waals surface area contributed by atoms with E-state index in [9.17, 15) is 9.18 Å². The predicted molar refractivity (Wildman–Crippen MR) is 94.7 cm³/mol. The average Bonchev–Trinajstić information content (AvgIpc) is 3.10. The van der Waals surface area contributed by atoms with Crippen LogP contribution in [0.2, 0.25) is 0 Å². The Morgan fingerprint density at radius 2 is 1.84 bits per heavy atom. The third-order valence-electron chi connectivity index (χ3n) is 3.89. The minimum atomic E-state index is -0.299. The molecule has 2 aromatic carbocycles. The Kier molecular flexibility index (Phi) is 5.23. The number of rotatable bonds is 6. The molecule has 3 aromatic rings. The number of oxazole rings is 1. The van der Waals surface area contributed by atoms with Crippen LogP contribution in [0.4, 0.5) is 10.1 Å². The van der Waals surface area contributed by atoms with Gasteiger partial charge in [-0.05, 0) is 48.4 Å². The van der Waals surface area contributed by atoms with E-state index in [4.69, 9.17) is 4.42 Å². The Balaban J connectivity index is 1.54. The second-order valence-electron chi connectivity index (χ2n) is 5.72. The van der Waals surface area contributed by atoms with Crippen molar-refractivity contribution in [2.24, 2.45) is 0 Å². The fraction of sp³-hybridized carbons (Fsp3) is 0.200. The molecular formula is C20H19FN2O2. The summed E-state index contributed by atoms with van der Waals surface area (Å²) in [6, 6.07) is 13.8. The fourth-order valence-corrected chi connectivity index (χ4v) is 2.44. The molecule has 128 valence electrons. The van der Waals surface area contributed by atoms with Crippen LogP contribution in [0.15, 0.2) is 59.1 Å². The van der Waals surface area contributed by atoms with E-state index in [-0.39, 0.29) is 18.1 Å². The van der Waals surface area contributed by atoms with Gasteiger partial charge in [0.05, 0.1) is 6.20 Å². The van der Waals surface area contributed by atoms with E-state index in [1.807, 2.05) is 24.3 Å². The molecule has 0 aliphatic heterocycles. The number of hydrogen-bond acceptors (Lipinski definition) is 3. The van der Waals surface area contributed by atoms with Gasteiger partial charge < -0.3 is 9.73 Å². The van der Waals surface area contributed by atoms with E-state index < -0.39 is 0 Å². The molecule has 0 aliphatic carbocycles. The monoisotopic (exact) mass is 338 g/mol. The van der Waals surface area contributed by atoms with Crippen LogP contribution in [0, 0.1) is 5.82 Å². The first kappa shape index (κ1) is 16.9. The van der Waals surface area contributed by atoms with Gasteiger partial charge in [-0.1, -0.05) is 19.1 Å². The molecule has 0 saturated carbocycles. The fourth-order valence-electron chi connectivity index (χ4n) is 2.44. The Morgan fingerprint density at radius 3 is 2.52 bits per heavy atom. The summed E-state index contributed by atoms with van der Waals surface area (Å²) >= 11 is 0. The van der Waals surface area contributed by atoms with Crippen LogP contribution >= 0.6 is 0 Å². The van der Waals surface area contributed by atoms with Crippen molar-refractivity contribution in [1.82, 2.24) is 4.98 Å². The van der Waals surface area contributed by atoms with Crippen LogP contribution in [0.1, 0.15) is 24.8 Å². The number of nitrogens with zero attached hydrogens (tertiary/aromatic N) is 1. The number of amides is 1. The Hall–Kier alpha value is -2.95. The molecule has 0 radical (unpaired) electrons. The van der Waals surface area contributed by atoms with Crippen LogP contribution in [0.3, 0.4) is 0 Å². The zero-order chi connectivity index (χ0) is 17.6. The molecular weight excluding hydrogens is 319 g/mol. The molecule has 0 saturated heterocycles. The first-order valence-electron chi connectivity index (χ1n) is 8.23. The van der Waals surface area contributed by atoms with Crippen molar-refractivity contribution in [1.29, 1.82) is 0 Å². The molecule has 1 N–H and O–H groups in total. The van der Waals surface area contributed by atoms with Gasteiger partial charge in [-0.2, -0.15) is 0 Å². The number of anilines is 1. The van der Waals surface area contributed by atoms with Gasteiger partial charge in [0.2, 0.25) is 5.91 Å². The topological polar surface area (TPSA) is 55.1 Å². The number of aromatic nitrogens is 1. The maximum absolute atomic E-state index is 12.9. The van der Waals surface area contributed by atoms with Crippen LogP contribution in [-0.4, -0.2) is 10.9 Å². The van der Waals surface area contributed by atoms with E-state index >= 15 is 0 Å². The van der Waals surface area contributed by atoms with Gasteiger partial charge in [0.1, 0.15) is 5.82 Å². The highest BCUT2D eigenvalue weighted by Crippen LogP contribution is 2.21. The molecule has 0 bridgehead atoms. The van der Waals surface area contributed by atoms with Gasteiger partial charge in [0, 0.05) is 24.1 Å². The van der Waals surface area contributed by atoms with E-state index in [0.29, 0.717) is 18.1 Å². The third-order valence-corrected chi connectivity index (χ3v) is 3.89. The van der Waals surface area contributed by atoms with Crippen molar-refractivity contribution in [2.45, 2.75) is 26.2 Å². The molecule has 3 rings (SSSR count). The molecule has 1 aromatic heterocycles. The lowest BCUT2D eigenvalue weighted by atomic mass is 10.1. The molecule has 0 atom stereocenters. The minimum absolute atomic E-state index is 0.0919. The molecule has 4 nitrogen and oxygen atoms in total. The number of nitrogens with one attached hydrogen (secondary N) is 1. The smallest absolute Gasteiger partial charge is 0.224 e. The molecule has 1 amide bonds. The first-order valence-corrected chi connectivity index (χ1v) is 8.23. The maximum Gasteiger partial charge on any atom is 0.224 e. The van der Waals surface area contributed by atoms with Crippen LogP contribution in [0.5, 0.6) is 0 Å². The zero-order valence-corrected chi connectivity index (χ0v) is 14.0. The molecule has 0 spiro atoms. The van der Waals surface area contributed by atoms with Crippen molar-refractivity contribution in [3.8, 4) is 11.3 Å². The summed E-state index contributed by atoms with van der Waals surface area (Å²) in [5.41, 5.74) is 2.76. The molecule has 1 heterocycles. The van der Waals surface area contributed by atoms with E-state index in [1.54, 1.807) is 18.3 Å². The van der Waals surface area contributed by atoms with Crippen molar-refractivity contribution in [3.63, 3.8) is 0 Å². The summed E-state index contributed by atoms with van der Waals surface area (Å²) in [6.45, 7) is 2.09. The van der Waals surface area contributed by atoms with Crippen molar-refractivity contribution in [3.05, 3.63) is 72.0 Å². The molecule has 0 fully saturated rings. The van der Waals surface area contributed by atoms with Gasteiger partial charge in [-0.25, -0.2) is 9.37 Å². The lowest BCUT2D eigenvalue weighted by Gasteiger charge is -2.05. The highest BCUT2D eigenvalue weighted by Gasteiger charge is 2.09. The third kappa shape index (κ3) is 4.53. The number of aryl methyl sites for hydroxylation is 2. The number of benzene rings is 2. The lowest BCUT2D eigenvalue weighted by Crippen LogP contribution is -2.12. The van der Waals surface area contributed by atoms with Crippen molar-refractivity contribution >= 4 is 11.6 Å².